The lowest BCUT2D eigenvalue weighted by molar-refractivity contribution is -0.137. The number of thiophene rings is 1. The van der Waals surface area contributed by atoms with E-state index in [9.17, 15) is 14.0 Å². The fraction of sp³-hybridized carbons (Fsp3) is 0.480. The van der Waals surface area contributed by atoms with Crippen LogP contribution in [0.4, 0.5) is 4.39 Å². The standard InChI is InChI=1S/C25H29FN4O2S/c26-19-7-5-17(6-8-19)20-16-33-24-22(20)23(31)27-21(28-24)15-29-13-9-18(10-14-29)25(32)30-11-3-1-2-4-12-30/h5-8,16,18H,1-4,9-15H2,(H,27,28,31). The van der Waals surface area contributed by atoms with Gasteiger partial charge in [0.05, 0.1) is 11.9 Å². The van der Waals surface area contributed by atoms with Gasteiger partial charge in [0.25, 0.3) is 5.56 Å². The second kappa shape index (κ2) is 9.73. The Labute approximate surface area is 196 Å². The van der Waals surface area contributed by atoms with Crippen LogP contribution >= 0.6 is 11.3 Å². The lowest BCUT2D eigenvalue weighted by Gasteiger charge is -2.33. The summed E-state index contributed by atoms with van der Waals surface area (Å²) in [6, 6.07) is 6.16. The lowest BCUT2D eigenvalue weighted by atomic mass is 9.95. The van der Waals surface area contributed by atoms with Gasteiger partial charge in [-0.05, 0) is 56.5 Å². The first-order valence-corrected chi connectivity index (χ1v) is 12.7. The molecule has 0 atom stereocenters. The van der Waals surface area contributed by atoms with Crippen molar-refractivity contribution in [2.24, 2.45) is 5.92 Å². The van der Waals surface area contributed by atoms with Crippen molar-refractivity contribution in [2.75, 3.05) is 26.2 Å². The van der Waals surface area contributed by atoms with E-state index in [1.807, 2.05) is 5.38 Å². The van der Waals surface area contributed by atoms with E-state index in [1.165, 1.54) is 36.3 Å². The Kier molecular flexibility index (Phi) is 6.55. The number of carbonyl (C=O) groups excluding carboxylic acids is 1. The van der Waals surface area contributed by atoms with Crippen molar-refractivity contribution in [3.8, 4) is 11.1 Å². The van der Waals surface area contributed by atoms with Gasteiger partial charge in [0.2, 0.25) is 5.91 Å². The number of halogens is 1. The number of H-pyrrole nitrogens is 1. The molecule has 1 aromatic carbocycles. The highest BCUT2D eigenvalue weighted by molar-refractivity contribution is 7.17. The van der Waals surface area contributed by atoms with E-state index in [0.717, 1.165) is 63.0 Å². The Morgan fingerprint density at radius 1 is 1.06 bits per heavy atom. The Morgan fingerprint density at radius 3 is 2.45 bits per heavy atom. The van der Waals surface area contributed by atoms with Gasteiger partial charge in [0.15, 0.2) is 0 Å². The number of benzene rings is 1. The Hall–Kier alpha value is -2.58. The quantitative estimate of drug-likeness (QED) is 0.616. The molecule has 5 rings (SSSR count). The number of nitrogens with zero attached hydrogens (tertiary/aromatic N) is 3. The van der Waals surface area contributed by atoms with Gasteiger partial charge in [-0.15, -0.1) is 11.3 Å². The first-order chi connectivity index (χ1) is 16.1. The number of piperidine rings is 1. The van der Waals surface area contributed by atoms with E-state index in [1.54, 1.807) is 12.1 Å². The molecule has 0 aliphatic carbocycles. The van der Waals surface area contributed by atoms with E-state index in [0.29, 0.717) is 28.5 Å². The molecule has 2 aliphatic heterocycles. The molecular formula is C25H29FN4O2S. The predicted octanol–water partition coefficient (Wildman–Crippen LogP) is 4.41. The molecule has 8 heteroatoms. The van der Waals surface area contributed by atoms with Crippen molar-refractivity contribution >= 4 is 27.5 Å². The van der Waals surface area contributed by atoms with Crippen LogP contribution in [0.3, 0.4) is 0 Å². The first-order valence-electron chi connectivity index (χ1n) is 11.9. The number of likely N-dealkylation sites (tertiary alicyclic amines) is 2. The summed E-state index contributed by atoms with van der Waals surface area (Å²) in [5.74, 6) is 0.794. The Balaban J connectivity index is 1.24. The van der Waals surface area contributed by atoms with Crippen molar-refractivity contribution in [1.29, 1.82) is 0 Å². The van der Waals surface area contributed by atoms with E-state index < -0.39 is 0 Å². The van der Waals surface area contributed by atoms with Crippen LogP contribution in [0.5, 0.6) is 0 Å². The highest BCUT2D eigenvalue weighted by Gasteiger charge is 2.29. The van der Waals surface area contributed by atoms with Crippen LogP contribution in [0.2, 0.25) is 0 Å². The van der Waals surface area contributed by atoms with E-state index in [-0.39, 0.29) is 17.3 Å². The number of fused-ring (bicyclic) bond motifs is 1. The van der Waals surface area contributed by atoms with Crippen LogP contribution < -0.4 is 5.56 Å². The van der Waals surface area contributed by atoms with Crippen molar-refractivity contribution < 1.29 is 9.18 Å². The summed E-state index contributed by atoms with van der Waals surface area (Å²) in [6.45, 7) is 4.05. The van der Waals surface area contributed by atoms with Gasteiger partial charge < -0.3 is 9.88 Å². The third kappa shape index (κ3) is 4.87. The van der Waals surface area contributed by atoms with E-state index in [4.69, 9.17) is 4.98 Å². The normalized spacial score (nSPS) is 18.5. The number of hydrogen-bond acceptors (Lipinski definition) is 5. The van der Waals surface area contributed by atoms with Crippen LogP contribution in [0.15, 0.2) is 34.4 Å². The third-order valence-corrected chi connectivity index (χ3v) is 7.75. The minimum absolute atomic E-state index is 0.115. The highest BCUT2D eigenvalue weighted by atomic mass is 32.1. The SMILES string of the molecule is O=C(C1CCN(Cc2nc3scc(-c4ccc(F)cc4)c3c(=O)[nH]2)CC1)N1CCCCCC1. The summed E-state index contributed by atoms with van der Waals surface area (Å²) < 4.78 is 13.3. The molecule has 4 heterocycles. The summed E-state index contributed by atoms with van der Waals surface area (Å²) in [5.41, 5.74) is 1.42. The molecule has 33 heavy (non-hydrogen) atoms. The van der Waals surface area contributed by atoms with Gasteiger partial charge in [-0.2, -0.15) is 0 Å². The minimum atomic E-state index is -0.301. The zero-order chi connectivity index (χ0) is 22.8. The van der Waals surface area contributed by atoms with Crippen LogP contribution in [0.25, 0.3) is 21.3 Å². The summed E-state index contributed by atoms with van der Waals surface area (Å²) in [4.78, 5) is 38.5. The molecule has 3 aromatic rings. The summed E-state index contributed by atoms with van der Waals surface area (Å²) in [6.07, 6.45) is 6.42. The Morgan fingerprint density at radius 2 is 1.76 bits per heavy atom. The maximum absolute atomic E-state index is 13.3. The molecule has 6 nitrogen and oxygen atoms in total. The largest absolute Gasteiger partial charge is 0.342 e. The van der Waals surface area contributed by atoms with Crippen molar-refractivity contribution in [3.63, 3.8) is 0 Å². The van der Waals surface area contributed by atoms with Gasteiger partial charge in [-0.1, -0.05) is 25.0 Å². The molecule has 2 saturated heterocycles. The molecule has 0 unspecified atom stereocenters. The van der Waals surface area contributed by atoms with Crippen LogP contribution in [-0.4, -0.2) is 51.9 Å². The number of hydrogen-bond donors (Lipinski definition) is 1. The van der Waals surface area contributed by atoms with Crippen molar-refractivity contribution in [2.45, 2.75) is 45.1 Å². The van der Waals surface area contributed by atoms with Crippen LogP contribution in [-0.2, 0) is 11.3 Å². The number of amides is 1. The predicted molar refractivity (Wildman–Crippen MR) is 129 cm³/mol. The third-order valence-electron chi connectivity index (χ3n) is 6.88. The molecule has 1 amide bonds. The van der Waals surface area contributed by atoms with Crippen LogP contribution in [0, 0.1) is 11.7 Å². The maximum atomic E-state index is 13.3. The molecule has 0 radical (unpaired) electrons. The zero-order valence-corrected chi connectivity index (χ0v) is 19.5. The molecule has 0 saturated carbocycles. The van der Waals surface area contributed by atoms with Gasteiger partial charge in [0, 0.05) is 30.0 Å². The molecule has 174 valence electrons. The second-order valence-electron chi connectivity index (χ2n) is 9.14. The van der Waals surface area contributed by atoms with E-state index >= 15 is 0 Å². The molecular weight excluding hydrogens is 439 g/mol. The fourth-order valence-corrected chi connectivity index (χ4v) is 5.98. The number of aromatic nitrogens is 2. The number of rotatable bonds is 4. The summed E-state index contributed by atoms with van der Waals surface area (Å²) >= 11 is 1.43. The Bertz CT molecular complexity index is 1170. The van der Waals surface area contributed by atoms with Gasteiger partial charge in [0.1, 0.15) is 16.5 Å². The fourth-order valence-electron chi connectivity index (χ4n) is 5.01. The smallest absolute Gasteiger partial charge is 0.260 e. The number of aromatic amines is 1. The highest BCUT2D eigenvalue weighted by Crippen LogP contribution is 2.31. The van der Waals surface area contributed by atoms with Crippen molar-refractivity contribution in [3.05, 3.63) is 51.6 Å². The minimum Gasteiger partial charge on any atom is -0.342 e. The van der Waals surface area contributed by atoms with E-state index in [2.05, 4.69) is 14.8 Å². The molecule has 2 fully saturated rings. The topological polar surface area (TPSA) is 69.3 Å². The molecule has 2 aromatic heterocycles. The first kappa shape index (κ1) is 22.2. The monoisotopic (exact) mass is 468 g/mol. The molecule has 0 spiro atoms. The van der Waals surface area contributed by atoms with Crippen LogP contribution in [0.1, 0.15) is 44.3 Å². The lowest BCUT2D eigenvalue weighted by Crippen LogP contribution is -2.43. The molecule has 0 bridgehead atoms. The van der Waals surface area contributed by atoms with Crippen molar-refractivity contribution in [1.82, 2.24) is 19.8 Å². The molecule has 2 aliphatic rings. The zero-order valence-electron chi connectivity index (χ0n) is 18.7. The average molecular weight is 469 g/mol. The van der Waals surface area contributed by atoms with Gasteiger partial charge >= 0.3 is 0 Å². The van der Waals surface area contributed by atoms with Gasteiger partial charge in [-0.3, -0.25) is 14.5 Å². The maximum Gasteiger partial charge on any atom is 0.260 e. The second-order valence-corrected chi connectivity index (χ2v) is 10.00. The number of carbonyl (C=O) groups is 1. The summed E-state index contributed by atoms with van der Waals surface area (Å²) in [5, 5.41) is 2.46. The van der Waals surface area contributed by atoms with Gasteiger partial charge in [-0.25, -0.2) is 9.37 Å². The summed E-state index contributed by atoms with van der Waals surface area (Å²) in [7, 11) is 0. The number of nitrogens with one attached hydrogen (secondary N) is 1. The molecule has 1 N–H and O–H groups in total. The average Bonchev–Trinajstić information content (AvgIpc) is 3.06.